The van der Waals surface area contributed by atoms with Gasteiger partial charge in [0.15, 0.2) is 0 Å². The lowest BCUT2D eigenvalue weighted by molar-refractivity contribution is 0.122. The number of fused-ring (bicyclic) bond motifs is 1. The van der Waals surface area contributed by atoms with Crippen molar-refractivity contribution in [1.82, 2.24) is 15.3 Å². The summed E-state index contributed by atoms with van der Waals surface area (Å²) >= 11 is 0. The minimum atomic E-state index is 0.776. The maximum atomic E-state index is 5.32. The van der Waals surface area contributed by atoms with Crippen molar-refractivity contribution in [1.29, 1.82) is 0 Å². The standard InChI is InChI=1S/C11H16N4O/c1-2-12-8-10-9(1)7-13-11(14-10)15-3-5-16-6-4-15/h7,12H,1-6,8H2. The summed E-state index contributed by atoms with van der Waals surface area (Å²) in [6.45, 7) is 5.25. The predicted octanol–water partition coefficient (Wildman–Crippen LogP) is -0.0411. The van der Waals surface area contributed by atoms with Crippen LogP contribution in [0.1, 0.15) is 11.3 Å². The summed E-state index contributed by atoms with van der Waals surface area (Å²) in [4.78, 5) is 11.3. The molecule has 16 heavy (non-hydrogen) atoms. The van der Waals surface area contributed by atoms with E-state index in [1.807, 2.05) is 6.20 Å². The average molecular weight is 220 g/mol. The molecule has 0 amide bonds. The fourth-order valence-corrected chi connectivity index (χ4v) is 2.14. The van der Waals surface area contributed by atoms with Crippen molar-refractivity contribution in [2.24, 2.45) is 0 Å². The number of anilines is 1. The number of morpholine rings is 1. The highest BCUT2D eigenvalue weighted by Crippen LogP contribution is 2.15. The van der Waals surface area contributed by atoms with Crippen molar-refractivity contribution in [2.45, 2.75) is 13.0 Å². The molecule has 5 nitrogen and oxygen atoms in total. The Balaban J connectivity index is 1.84. The molecule has 1 saturated heterocycles. The van der Waals surface area contributed by atoms with E-state index in [0.29, 0.717) is 0 Å². The first-order valence-corrected chi connectivity index (χ1v) is 5.82. The Kier molecular flexibility index (Phi) is 2.71. The van der Waals surface area contributed by atoms with Crippen LogP contribution >= 0.6 is 0 Å². The van der Waals surface area contributed by atoms with Gasteiger partial charge in [-0.1, -0.05) is 0 Å². The highest BCUT2D eigenvalue weighted by Gasteiger charge is 2.17. The Morgan fingerprint density at radius 1 is 1.31 bits per heavy atom. The molecule has 0 radical (unpaired) electrons. The highest BCUT2D eigenvalue weighted by molar-refractivity contribution is 5.34. The molecule has 0 spiro atoms. The molecule has 1 aromatic heterocycles. The highest BCUT2D eigenvalue weighted by atomic mass is 16.5. The fourth-order valence-electron chi connectivity index (χ4n) is 2.14. The lowest BCUT2D eigenvalue weighted by Gasteiger charge is -2.27. The summed E-state index contributed by atoms with van der Waals surface area (Å²) in [6, 6.07) is 0. The van der Waals surface area contributed by atoms with Crippen molar-refractivity contribution < 1.29 is 4.74 Å². The van der Waals surface area contributed by atoms with E-state index in [1.54, 1.807) is 0 Å². The lowest BCUT2D eigenvalue weighted by Crippen LogP contribution is -2.38. The van der Waals surface area contributed by atoms with Crippen molar-refractivity contribution in [3.63, 3.8) is 0 Å². The van der Waals surface area contributed by atoms with Crippen molar-refractivity contribution in [3.05, 3.63) is 17.5 Å². The first-order chi connectivity index (χ1) is 7.93. The Morgan fingerprint density at radius 3 is 3.06 bits per heavy atom. The zero-order valence-electron chi connectivity index (χ0n) is 9.28. The summed E-state index contributed by atoms with van der Waals surface area (Å²) in [5.41, 5.74) is 2.44. The van der Waals surface area contributed by atoms with Crippen LogP contribution in [0.2, 0.25) is 0 Å². The second-order valence-electron chi connectivity index (χ2n) is 4.17. The van der Waals surface area contributed by atoms with E-state index in [2.05, 4.69) is 20.2 Å². The molecule has 0 unspecified atom stereocenters. The summed E-state index contributed by atoms with van der Waals surface area (Å²) in [5.74, 6) is 0.853. The molecule has 2 aliphatic heterocycles. The Morgan fingerprint density at radius 2 is 2.19 bits per heavy atom. The zero-order valence-corrected chi connectivity index (χ0v) is 9.28. The summed E-state index contributed by atoms with van der Waals surface area (Å²) in [7, 11) is 0. The quantitative estimate of drug-likeness (QED) is 0.719. The second kappa shape index (κ2) is 4.35. The van der Waals surface area contributed by atoms with Crippen LogP contribution in [0.4, 0.5) is 5.95 Å². The smallest absolute Gasteiger partial charge is 0.225 e. The first-order valence-electron chi connectivity index (χ1n) is 5.82. The molecule has 2 aliphatic rings. The van der Waals surface area contributed by atoms with Gasteiger partial charge in [-0.05, 0) is 18.5 Å². The van der Waals surface area contributed by atoms with E-state index in [-0.39, 0.29) is 0 Å². The molecule has 0 aliphatic carbocycles. The molecule has 0 aromatic carbocycles. The summed E-state index contributed by atoms with van der Waals surface area (Å²) in [6.07, 6.45) is 3.02. The Labute approximate surface area is 94.8 Å². The van der Waals surface area contributed by atoms with Gasteiger partial charge in [-0.3, -0.25) is 0 Å². The molecule has 1 aromatic rings. The third kappa shape index (κ3) is 1.88. The third-order valence-corrected chi connectivity index (χ3v) is 3.10. The van der Waals surface area contributed by atoms with Crippen LogP contribution in [0.25, 0.3) is 0 Å². The largest absolute Gasteiger partial charge is 0.378 e. The third-order valence-electron chi connectivity index (χ3n) is 3.10. The summed E-state index contributed by atoms with van der Waals surface area (Å²) < 4.78 is 5.32. The average Bonchev–Trinajstić information content (AvgIpc) is 2.39. The van der Waals surface area contributed by atoms with Crippen LogP contribution in [0, 0.1) is 0 Å². The number of rotatable bonds is 1. The molecule has 1 fully saturated rings. The first kappa shape index (κ1) is 9.99. The fraction of sp³-hybridized carbons (Fsp3) is 0.636. The number of nitrogens with one attached hydrogen (secondary N) is 1. The normalized spacial score (nSPS) is 20.6. The van der Waals surface area contributed by atoms with Gasteiger partial charge in [-0.15, -0.1) is 0 Å². The van der Waals surface area contributed by atoms with Gasteiger partial charge >= 0.3 is 0 Å². The lowest BCUT2D eigenvalue weighted by atomic mass is 10.1. The van der Waals surface area contributed by atoms with E-state index in [1.165, 1.54) is 5.56 Å². The molecule has 0 atom stereocenters. The zero-order chi connectivity index (χ0) is 10.8. The maximum Gasteiger partial charge on any atom is 0.225 e. The van der Waals surface area contributed by atoms with E-state index in [9.17, 15) is 0 Å². The maximum absolute atomic E-state index is 5.32. The van der Waals surface area contributed by atoms with E-state index >= 15 is 0 Å². The molecular formula is C11H16N4O. The molecule has 3 heterocycles. The number of aromatic nitrogens is 2. The van der Waals surface area contributed by atoms with Crippen molar-refractivity contribution in [3.8, 4) is 0 Å². The topological polar surface area (TPSA) is 50.3 Å². The van der Waals surface area contributed by atoms with Gasteiger partial charge in [0, 0.05) is 25.8 Å². The van der Waals surface area contributed by atoms with E-state index in [0.717, 1.165) is 57.5 Å². The van der Waals surface area contributed by atoms with Gasteiger partial charge in [-0.2, -0.15) is 0 Å². The van der Waals surface area contributed by atoms with Crippen LogP contribution in [0.3, 0.4) is 0 Å². The Hall–Kier alpha value is -1.20. The predicted molar refractivity (Wildman–Crippen MR) is 60.5 cm³/mol. The summed E-state index contributed by atoms with van der Waals surface area (Å²) in [5, 5.41) is 3.34. The van der Waals surface area contributed by atoms with Gasteiger partial charge in [0.25, 0.3) is 0 Å². The van der Waals surface area contributed by atoms with E-state index in [4.69, 9.17) is 4.74 Å². The van der Waals surface area contributed by atoms with Crippen LogP contribution in [0.5, 0.6) is 0 Å². The molecule has 0 saturated carbocycles. The number of nitrogens with zero attached hydrogens (tertiary/aromatic N) is 3. The van der Waals surface area contributed by atoms with Crippen LogP contribution in [-0.4, -0.2) is 42.8 Å². The van der Waals surface area contributed by atoms with Gasteiger partial charge in [-0.25, -0.2) is 9.97 Å². The molecule has 5 heteroatoms. The van der Waals surface area contributed by atoms with Crippen LogP contribution < -0.4 is 10.2 Å². The molecular weight excluding hydrogens is 204 g/mol. The van der Waals surface area contributed by atoms with Gasteiger partial charge in [0.05, 0.1) is 18.9 Å². The Bertz CT molecular complexity index is 376. The minimum Gasteiger partial charge on any atom is -0.378 e. The van der Waals surface area contributed by atoms with Gasteiger partial charge in [0.1, 0.15) is 0 Å². The van der Waals surface area contributed by atoms with Gasteiger partial charge < -0.3 is 15.0 Å². The number of hydrogen-bond acceptors (Lipinski definition) is 5. The number of hydrogen-bond donors (Lipinski definition) is 1. The minimum absolute atomic E-state index is 0.776. The molecule has 0 bridgehead atoms. The molecule has 3 rings (SSSR count). The van der Waals surface area contributed by atoms with Crippen LogP contribution in [-0.2, 0) is 17.7 Å². The van der Waals surface area contributed by atoms with Gasteiger partial charge in [0.2, 0.25) is 5.95 Å². The van der Waals surface area contributed by atoms with Crippen molar-refractivity contribution in [2.75, 3.05) is 37.7 Å². The molecule has 86 valence electrons. The van der Waals surface area contributed by atoms with Crippen molar-refractivity contribution >= 4 is 5.95 Å². The second-order valence-corrected chi connectivity index (χ2v) is 4.17. The monoisotopic (exact) mass is 220 g/mol. The molecule has 1 N–H and O–H groups in total. The van der Waals surface area contributed by atoms with E-state index < -0.39 is 0 Å². The number of ether oxygens (including phenoxy) is 1. The van der Waals surface area contributed by atoms with Crippen LogP contribution in [0.15, 0.2) is 6.20 Å². The SMILES string of the molecule is c1nc(N2CCOCC2)nc2c1CCNC2.